The number of terminal acetylenes is 1. The van der Waals surface area contributed by atoms with Crippen molar-refractivity contribution in [3.63, 3.8) is 0 Å². The lowest BCUT2D eigenvalue weighted by atomic mass is 9.73. The van der Waals surface area contributed by atoms with Crippen LogP contribution in [0.15, 0.2) is 122 Å². The molecule has 6 aliphatic rings. The number of likely N-dealkylation sites (N-methyl/N-ethyl adjacent to an activating group) is 1. The second kappa shape index (κ2) is 25.8. The summed E-state index contributed by atoms with van der Waals surface area (Å²) in [6.07, 6.45) is 17.0. The maximum atomic E-state index is 17.8. The van der Waals surface area contributed by atoms with Crippen molar-refractivity contribution in [2.45, 2.75) is 87.2 Å². The first-order valence-electron chi connectivity index (χ1n) is 33.0. The fourth-order valence-electron chi connectivity index (χ4n) is 16.6. The van der Waals surface area contributed by atoms with Crippen LogP contribution in [0.2, 0.25) is 5.02 Å². The van der Waals surface area contributed by atoms with E-state index in [1.54, 1.807) is 59.8 Å². The van der Waals surface area contributed by atoms with E-state index in [1.807, 2.05) is 59.3 Å². The Morgan fingerprint density at radius 3 is 2.22 bits per heavy atom. The molecule has 2 N–H and O–H groups in total. The summed E-state index contributed by atoms with van der Waals surface area (Å²) < 4.78 is 95.4. The SMILES string of the molecule is C#Cc1c(F)ccc2cccc(-c3ncc4c(N(C)[C@@H]5CCN(C(O)/C=C/c6cccnc6)C5)nc(OC[C@@]56CC(C7CN(C(=O)C=C)C[C@H](Nc8nc(OC[C@@]9%10CCCN9C[C@H](F)C%10)nc9c(F)c(-c%10cccc%11cccc(Cl)c%10%11)ncc89)[C@@H]7C)CN5C[C@H](F)C6)nc4c3F)c12. The number of carbonyl (C=O) groups is 1. The Labute approximate surface area is 562 Å². The zero-order valence-corrected chi connectivity index (χ0v) is 54.3. The van der Waals surface area contributed by atoms with Gasteiger partial charge in [-0.25, -0.2) is 22.0 Å². The normalized spacial score (nSPS) is 25.5. The van der Waals surface area contributed by atoms with Gasteiger partial charge in [0.1, 0.15) is 71.7 Å². The van der Waals surface area contributed by atoms with Gasteiger partial charge < -0.3 is 29.7 Å². The van der Waals surface area contributed by atoms with E-state index < -0.39 is 53.1 Å². The van der Waals surface area contributed by atoms with Gasteiger partial charge in [0, 0.05) is 129 Å². The summed E-state index contributed by atoms with van der Waals surface area (Å²) in [5.74, 6) is -0.0238. The lowest BCUT2D eigenvalue weighted by Crippen LogP contribution is -2.55. The maximum absolute atomic E-state index is 17.8. The fraction of sp³-hybridized carbons (Fsp3) is 0.378. The molecule has 0 bridgehead atoms. The van der Waals surface area contributed by atoms with Crippen molar-refractivity contribution in [1.82, 2.24) is 54.5 Å². The highest BCUT2D eigenvalue weighted by Gasteiger charge is 2.56. The molecule has 1 amide bonds. The molecule has 0 aliphatic carbocycles. The number of anilines is 2. The van der Waals surface area contributed by atoms with Crippen molar-refractivity contribution in [3.05, 3.63) is 156 Å². The predicted octanol–water partition coefficient (Wildman–Crippen LogP) is 11.9. The number of fused-ring (bicyclic) bond motifs is 6. The maximum Gasteiger partial charge on any atom is 0.319 e. The Morgan fingerprint density at radius 1 is 0.804 bits per heavy atom. The number of benzene rings is 4. The summed E-state index contributed by atoms with van der Waals surface area (Å²) in [5, 5.41) is 18.3. The molecular formula is C74H71ClF5N13O4. The minimum atomic E-state index is -1.21. The van der Waals surface area contributed by atoms with E-state index in [-0.39, 0.29) is 125 Å². The van der Waals surface area contributed by atoms with Crippen LogP contribution >= 0.6 is 11.6 Å². The number of piperidine rings is 1. The molecule has 0 spiro atoms. The van der Waals surface area contributed by atoms with E-state index >= 15 is 22.0 Å². The van der Waals surface area contributed by atoms with Crippen LogP contribution < -0.4 is 19.7 Å². The van der Waals surface area contributed by atoms with Crippen molar-refractivity contribution in [2.75, 3.05) is 82.8 Å². The van der Waals surface area contributed by atoms with Crippen molar-refractivity contribution in [1.29, 1.82) is 0 Å². The highest BCUT2D eigenvalue weighted by Crippen LogP contribution is 2.49. The van der Waals surface area contributed by atoms with E-state index in [9.17, 15) is 9.90 Å². The number of likely N-dealkylation sites (tertiary alicyclic amines) is 2. The summed E-state index contributed by atoms with van der Waals surface area (Å²) in [5.41, 5.74) is -0.212. The number of nitrogens with zero attached hydrogens (tertiary/aromatic N) is 12. The number of halogens is 6. The molecule has 3 unspecified atom stereocenters. The average molecular weight is 1340 g/mol. The zero-order valence-electron chi connectivity index (χ0n) is 53.6. The number of carbonyl (C=O) groups excluding carboxylic acids is 1. The van der Waals surface area contributed by atoms with Crippen LogP contribution in [0, 0.1) is 47.5 Å². The van der Waals surface area contributed by atoms with Gasteiger partial charge in [-0.1, -0.05) is 97.8 Å². The second-order valence-electron chi connectivity index (χ2n) is 27.0. The number of hydrogen-bond donors (Lipinski definition) is 2. The van der Waals surface area contributed by atoms with Crippen molar-refractivity contribution < 1.29 is 41.3 Å². The molecule has 11 heterocycles. The average Bonchev–Trinajstić information content (AvgIpc) is 1.28. The summed E-state index contributed by atoms with van der Waals surface area (Å²) >= 11 is 6.79. The number of rotatable bonds is 17. The monoisotopic (exact) mass is 1340 g/mol. The van der Waals surface area contributed by atoms with Gasteiger partial charge in [0.15, 0.2) is 11.6 Å². The third-order valence-electron chi connectivity index (χ3n) is 21.5. The lowest BCUT2D eigenvalue weighted by Gasteiger charge is -2.45. The molecule has 23 heteroatoms. The Kier molecular flexibility index (Phi) is 17.0. The lowest BCUT2D eigenvalue weighted by molar-refractivity contribution is -0.129. The minimum absolute atomic E-state index is 0.0239. The highest BCUT2D eigenvalue weighted by molar-refractivity contribution is 6.36. The number of pyridine rings is 3. The molecule has 0 saturated carbocycles. The van der Waals surface area contributed by atoms with Gasteiger partial charge in [-0.3, -0.25) is 34.4 Å². The van der Waals surface area contributed by atoms with Crippen molar-refractivity contribution in [3.8, 4) is 46.9 Å². The van der Waals surface area contributed by atoms with Gasteiger partial charge in [0.05, 0.1) is 27.4 Å². The number of aliphatic hydroxyl groups excluding tert-OH is 1. The van der Waals surface area contributed by atoms with Gasteiger partial charge in [-0.05, 0) is 96.7 Å². The van der Waals surface area contributed by atoms with Crippen LogP contribution in [0.3, 0.4) is 0 Å². The molecular weight excluding hydrogens is 1270 g/mol. The number of hydrogen-bond acceptors (Lipinski definition) is 16. The Morgan fingerprint density at radius 2 is 1.48 bits per heavy atom. The molecule has 9 aromatic rings. The molecule has 6 aliphatic heterocycles. The molecule has 97 heavy (non-hydrogen) atoms. The summed E-state index contributed by atoms with van der Waals surface area (Å²) in [7, 11) is 1.84. The smallest absolute Gasteiger partial charge is 0.319 e. The first-order valence-corrected chi connectivity index (χ1v) is 33.4. The van der Waals surface area contributed by atoms with Gasteiger partial charge in [-0.15, -0.1) is 6.42 Å². The number of aromatic nitrogens is 7. The summed E-state index contributed by atoms with van der Waals surface area (Å²) in [6, 6.07) is 21.6. The Balaban J connectivity index is 0.746. The number of nitrogens with one attached hydrogen (secondary N) is 1. The van der Waals surface area contributed by atoms with Crippen LogP contribution in [0.4, 0.5) is 33.6 Å². The number of amides is 1. The molecule has 10 atom stereocenters. The molecule has 15 rings (SSSR count). The Bertz CT molecular complexity index is 4660. The second-order valence-corrected chi connectivity index (χ2v) is 27.4. The topological polar surface area (TPSA) is 174 Å². The van der Waals surface area contributed by atoms with Gasteiger partial charge in [-0.2, -0.15) is 19.9 Å². The summed E-state index contributed by atoms with van der Waals surface area (Å²) in [6.45, 7) is 9.10. The van der Waals surface area contributed by atoms with E-state index in [2.05, 4.69) is 44.5 Å². The summed E-state index contributed by atoms with van der Waals surface area (Å²) in [4.78, 5) is 56.8. The van der Waals surface area contributed by atoms with Crippen LogP contribution in [0.1, 0.15) is 56.6 Å². The molecule has 17 nitrogen and oxygen atoms in total. The van der Waals surface area contributed by atoms with E-state index in [0.29, 0.717) is 84.5 Å². The van der Waals surface area contributed by atoms with Gasteiger partial charge >= 0.3 is 12.0 Å². The van der Waals surface area contributed by atoms with E-state index in [1.165, 1.54) is 24.5 Å². The van der Waals surface area contributed by atoms with Crippen molar-refractivity contribution >= 4 is 78.6 Å². The van der Waals surface area contributed by atoms with E-state index in [4.69, 9.17) is 52.4 Å². The van der Waals surface area contributed by atoms with Crippen LogP contribution in [-0.2, 0) is 4.79 Å². The largest absolute Gasteiger partial charge is 0.461 e. The third-order valence-corrected chi connectivity index (χ3v) is 21.8. The first-order chi connectivity index (χ1) is 47.0. The predicted molar refractivity (Wildman–Crippen MR) is 364 cm³/mol. The number of aliphatic hydroxyl groups is 1. The van der Waals surface area contributed by atoms with Crippen molar-refractivity contribution in [2.24, 2.45) is 17.8 Å². The molecule has 4 aromatic carbocycles. The molecule has 498 valence electrons. The highest BCUT2D eigenvalue weighted by atomic mass is 35.5. The molecule has 0 radical (unpaired) electrons. The van der Waals surface area contributed by atoms with Gasteiger partial charge in [0.2, 0.25) is 5.91 Å². The fourth-order valence-corrected chi connectivity index (χ4v) is 16.8. The van der Waals surface area contributed by atoms with E-state index in [0.717, 1.165) is 30.3 Å². The quantitative estimate of drug-likeness (QED) is 0.0500. The van der Waals surface area contributed by atoms with Crippen LogP contribution in [-0.4, -0.2) is 180 Å². The van der Waals surface area contributed by atoms with Crippen LogP contribution in [0.5, 0.6) is 12.0 Å². The van der Waals surface area contributed by atoms with Gasteiger partial charge in [0.25, 0.3) is 0 Å². The number of ether oxygens (including phenoxy) is 2. The first kappa shape index (κ1) is 64.0. The third kappa shape index (κ3) is 11.7. The molecule has 6 fully saturated rings. The Hall–Kier alpha value is -8.98. The molecule has 5 aromatic heterocycles. The zero-order chi connectivity index (χ0) is 67.0. The number of alkyl halides is 2. The minimum Gasteiger partial charge on any atom is -0.461 e. The molecule has 6 saturated heterocycles. The standard InChI is InChI=1S/C74H71ClF5N13O4/c1-5-50-57(78)21-20-45-14-8-16-51(61(45)50)65-64(80)68-54(33-83-65)70(89(4)49-23-27-90(37-49)60(95)22-19-43-12-10-25-81-31-43)88-72(86-68)97-41-74-28-46(34-93(74)36-48(77)30-74)55-38-91(59(94)6-2)39-58(42(55)3)84-69-53-32-82-66(52-17-7-13-44-15-9-18-56(75)62(44)52)63(79)67(53)85-71(87-69)96-40-73-24-11-26-92(73)35-47(76)29-73/h1,6-10,12-22,25,31-33,42,46-49,55,58,60,95H,2,11,23-24,26-30,34-41H2,3-4H3,(H,84,85,87)/b22-19+/t42-,46?,47-,48-,49-,55?,58+,60?,73+,74+/m1/s1. The van der Waals surface area contributed by atoms with Crippen LogP contribution in [0.25, 0.3) is 71.9 Å².